The van der Waals surface area contributed by atoms with Crippen LogP contribution in [0.5, 0.6) is 0 Å². The summed E-state index contributed by atoms with van der Waals surface area (Å²) in [7, 11) is 0. The summed E-state index contributed by atoms with van der Waals surface area (Å²) in [4.78, 5) is 12.1. The number of thioether (sulfide) groups is 1. The van der Waals surface area contributed by atoms with E-state index in [4.69, 9.17) is 0 Å². The second-order valence-corrected chi connectivity index (χ2v) is 4.09. The Morgan fingerprint density at radius 2 is 2.11 bits per heavy atom. The molecule has 0 aromatic carbocycles. The molecule has 0 aliphatic carbocycles. The molecule has 0 radical (unpaired) electrons. The van der Waals surface area contributed by atoms with Crippen LogP contribution in [0.4, 0.5) is 0 Å². The van der Waals surface area contributed by atoms with Gasteiger partial charge in [0.05, 0.1) is 5.41 Å². The quantitative estimate of drug-likeness (QED) is 0.515. The third-order valence-electron chi connectivity index (χ3n) is 1.34. The van der Waals surface area contributed by atoms with Crippen LogP contribution in [0.15, 0.2) is 11.0 Å². The first-order valence-corrected chi connectivity index (χ1v) is 3.76. The first kappa shape index (κ1) is 6.87. The van der Waals surface area contributed by atoms with Gasteiger partial charge in [-0.25, -0.2) is 0 Å². The summed E-state index contributed by atoms with van der Waals surface area (Å²) < 4.78 is 0. The van der Waals surface area contributed by atoms with E-state index >= 15 is 0 Å². The van der Waals surface area contributed by atoms with E-state index in [0.29, 0.717) is 0 Å². The Balaban J connectivity index is 2.89. The number of allylic oxidation sites excluding steroid dienone is 2. The smallest absolute Gasteiger partial charge is 0.202 e. The predicted molar refractivity (Wildman–Crippen MR) is 40.1 cm³/mol. The molecule has 0 aromatic heterocycles. The van der Waals surface area contributed by atoms with Gasteiger partial charge in [0.1, 0.15) is 0 Å². The summed E-state index contributed by atoms with van der Waals surface area (Å²) in [6.45, 7) is 5.86. The summed E-state index contributed by atoms with van der Waals surface area (Å²) in [5.41, 5.74) is -0.214. The molecule has 1 rings (SSSR count). The molecule has 1 aliphatic heterocycles. The van der Waals surface area contributed by atoms with E-state index in [9.17, 15) is 4.79 Å². The molecular formula is C7H10OS. The number of hydrogen-bond donors (Lipinski definition) is 0. The van der Waals surface area contributed by atoms with Crippen LogP contribution in [0.3, 0.4) is 0 Å². The Bertz CT molecular complexity index is 179. The lowest BCUT2D eigenvalue weighted by atomic mass is 9.96. The largest absolute Gasteiger partial charge is 0.286 e. The minimum atomic E-state index is -0.214. The molecule has 0 saturated carbocycles. The topological polar surface area (TPSA) is 17.1 Å². The van der Waals surface area contributed by atoms with E-state index in [-0.39, 0.29) is 10.5 Å². The molecule has 0 N–H and O–H groups in total. The molecule has 1 aliphatic rings. The predicted octanol–water partition coefficient (Wildman–Crippen LogP) is 2.19. The van der Waals surface area contributed by atoms with Gasteiger partial charge in [-0.3, -0.25) is 4.79 Å². The van der Waals surface area contributed by atoms with Crippen LogP contribution in [0.1, 0.15) is 20.8 Å². The molecule has 1 heterocycles. The van der Waals surface area contributed by atoms with Crippen LogP contribution in [-0.2, 0) is 4.79 Å². The SMILES string of the molecule is CC1=CC(C)(C)C(=O)S1. The highest BCUT2D eigenvalue weighted by Gasteiger charge is 2.31. The zero-order valence-electron chi connectivity index (χ0n) is 5.89. The Kier molecular flexibility index (Phi) is 1.43. The molecule has 9 heavy (non-hydrogen) atoms. The Hall–Kier alpha value is -0.240. The second-order valence-electron chi connectivity index (χ2n) is 2.87. The minimum absolute atomic E-state index is 0.214. The van der Waals surface area contributed by atoms with Gasteiger partial charge < -0.3 is 0 Å². The summed E-state index contributed by atoms with van der Waals surface area (Å²) >= 11 is 1.35. The second kappa shape index (κ2) is 1.87. The average molecular weight is 142 g/mol. The van der Waals surface area contributed by atoms with Gasteiger partial charge in [0.25, 0.3) is 0 Å². The summed E-state index contributed by atoms with van der Waals surface area (Å²) in [5, 5.41) is 0.264. The minimum Gasteiger partial charge on any atom is -0.286 e. The van der Waals surface area contributed by atoms with Crippen molar-refractivity contribution < 1.29 is 4.79 Å². The van der Waals surface area contributed by atoms with Gasteiger partial charge in [-0.2, -0.15) is 0 Å². The van der Waals surface area contributed by atoms with E-state index < -0.39 is 0 Å². The highest BCUT2D eigenvalue weighted by atomic mass is 32.2. The fraction of sp³-hybridized carbons (Fsp3) is 0.571. The third-order valence-corrected chi connectivity index (χ3v) is 2.50. The van der Waals surface area contributed by atoms with Crippen LogP contribution in [-0.4, -0.2) is 5.12 Å². The monoisotopic (exact) mass is 142 g/mol. The highest BCUT2D eigenvalue weighted by Crippen LogP contribution is 2.38. The zero-order chi connectivity index (χ0) is 7.07. The molecule has 0 fully saturated rings. The van der Waals surface area contributed by atoms with E-state index in [1.54, 1.807) is 0 Å². The molecule has 1 nitrogen and oxygen atoms in total. The van der Waals surface area contributed by atoms with Gasteiger partial charge in [-0.05, 0) is 25.7 Å². The fourth-order valence-electron chi connectivity index (χ4n) is 0.874. The van der Waals surface area contributed by atoms with Crippen molar-refractivity contribution in [2.75, 3.05) is 0 Å². The summed E-state index contributed by atoms with van der Waals surface area (Å²) in [6, 6.07) is 0. The van der Waals surface area contributed by atoms with Crippen LogP contribution < -0.4 is 0 Å². The normalized spacial score (nSPS) is 24.3. The molecule has 0 saturated heterocycles. The van der Waals surface area contributed by atoms with Gasteiger partial charge in [0.2, 0.25) is 5.12 Å². The van der Waals surface area contributed by atoms with Crippen LogP contribution in [0, 0.1) is 5.41 Å². The van der Waals surface area contributed by atoms with E-state index in [0.717, 1.165) is 4.91 Å². The molecule has 0 bridgehead atoms. The van der Waals surface area contributed by atoms with Crippen molar-refractivity contribution in [3.63, 3.8) is 0 Å². The van der Waals surface area contributed by atoms with Gasteiger partial charge >= 0.3 is 0 Å². The number of carbonyl (C=O) groups is 1. The van der Waals surface area contributed by atoms with Gasteiger partial charge in [0, 0.05) is 0 Å². The standard InChI is InChI=1S/C7H10OS/c1-5-4-7(2,3)6(8)9-5/h4H,1-3H3. The molecule has 2 heteroatoms. The number of carbonyl (C=O) groups excluding carboxylic acids is 1. The molecule has 0 amide bonds. The van der Waals surface area contributed by atoms with Gasteiger partial charge in [-0.15, -0.1) is 0 Å². The van der Waals surface area contributed by atoms with Crippen molar-refractivity contribution >= 4 is 16.9 Å². The lowest BCUT2D eigenvalue weighted by Gasteiger charge is -2.08. The molecule has 0 spiro atoms. The molecule has 0 unspecified atom stereocenters. The van der Waals surface area contributed by atoms with Crippen LogP contribution in [0.25, 0.3) is 0 Å². The summed E-state index contributed by atoms with van der Waals surface area (Å²) in [5.74, 6) is 0. The van der Waals surface area contributed by atoms with Crippen molar-refractivity contribution in [2.24, 2.45) is 5.41 Å². The van der Waals surface area contributed by atoms with Crippen molar-refractivity contribution in [1.82, 2.24) is 0 Å². The lowest BCUT2D eigenvalue weighted by molar-refractivity contribution is -0.115. The maximum atomic E-state index is 11.0. The number of hydrogen-bond acceptors (Lipinski definition) is 2. The van der Waals surface area contributed by atoms with Crippen molar-refractivity contribution in [1.29, 1.82) is 0 Å². The van der Waals surface area contributed by atoms with Crippen molar-refractivity contribution in [3.8, 4) is 0 Å². The fourth-order valence-corrected chi connectivity index (χ4v) is 1.84. The lowest BCUT2D eigenvalue weighted by Crippen LogP contribution is -2.13. The Morgan fingerprint density at radius 3 is 2.22 bits per heavy atom. The Morgan fingerprint density at radius 1 is 1.56 bits per heavy atom. The Labute approximate surface area is 59.5 Å². The third kappa shape index (κ3) is 1.18. The molecular weight excluding hydrogens is 132 g/mol. The van der Waals surface area contributed by atoms with Crippen LogP contribution in [0.2, 0.25) is 0 Å². The average Bonchev–Trinajstić information content (AvgIpc) is 1.79. The van der Waals surface area contributed by atoms with Crippen molar-refractivity contribution in [2.45, 2.75) is 20.8 Å². The number of rotatable bonds is 0. The maximum absolute atomic E-state index is 11.0. The molecule has 50 valence electrons. The van der Waals surface area contributed by atoms with E-state index in [1.807, 2.05) is 26.8 Å². The molecule has 0 aromatic rings. The van der Waals surface area contributed by atoms with E-state index in [1.165, 1.54) is 11.8 Å². The van der Waals surface area contributed by atoms with Gasteiger partial charge in [0.15, 0.2) is 0 Å². The zero-order valence-corrected chi connectivity index (χ0v) is 6.71. The highest BCUT2D eigenvalue weighted by molar-refractivity contribution is 8.17. The maximum Gasteiger partial charge on any atom is 0.202 e. The first-order valence-electron chi connectivity index (χ1n) is 2.94. The first-order chi connectivity index (χ1) is 4.02. The van der Waals surface area contributed by atoms with E-state index in [2.05, 4.69) is 0 Å². The summed E-state index contributed by atoms with van der Waals surface area (Å²) in [6.07, 6.45) is 2.01. The van der Waals surface area contributed by atoms with Crippen molar-refractivity contribution in [3.05, 3.63) is 11.0 Å². The van der Waals surface area contributed by atoms with Gasteiger partial charge in [-0.1, -0.05) is 17.8 Å². The molecule has 0 atom stereocenters. The van der Waals surface area contributed by atoms with Crippen LogP contribution >= 0.6 is 11.8 Å².